The first kappa shape index (κ1) is 21.8. The Morgan fingerprint density at radius 3 is 1.56 bits per heavy atom. The number of aromatic nitrogens is 4. The quantitative estimate of drug-likeness (QED) is 0.390. The van der Waals surface area contributed by atoms with Crippen LogP contribution >= 0.6 is 0 Å². The van der Waals surface area contributed by atoms with Gasteiger partial charge in [0.25, 0.3) is 0 Å². The molecule has 4 aromatic rings. The van der Waals surface area contributed by atoms with E-state index in [2.05, 4.69) is 81.3 Å². The van der Waals surface area contributed by atoms with Crippen LogP contribution in [-0.4, -0.2) is 54.1 Å². The van der Waals surface area contributed by atoms with E-state index >= 15 is 0 Å². The second-order valence-electron chi connectivity index (χ2n) is 9.88. The zero-order valence-electron chi connectivity index (χ0n) is 20.5. The van der Waals surface area contributed by atoms with E-state index in [0.29, 0.717) is 12.1 Å². The molecule has 0 spiro atoms. The van der Waals surface area contributed by atoms with Gasteiger partial charge in [0, 0.05) is 25.2 Å². The summed E-state index contributed by atoms with van der Waals surface area (Å²) in [6, 6.07) is 18.3. The van der Waals surface area contributed by atoms with Crippen LogP contribution in [-0.2, 0) is 26.2 Å². The zero-order chi connectivity index (χ0) is 23.1. The van der Waals surface area contributed by atoms with Gasteiger partial charge < -0.3 is 9.13 Å². The fourth-order valence-electron chi connectivity index (χ4n) is 6.53. The molecule has 6 nitrogen and oxygen atoms in total. The van der Waals surface area contributed by atoms with Crippen LogP contribution in [0.15, 0.2) is 48.5 Å². The van der Waals surface area contributed by atoms with Crippen molar-refractivity contribution in [2.24, 2.45) is 0 Å². The zero-order valence-corrected chi connectivity index (χ0v) is 20.5. The Morgan fingerprint density at radius 1 is 0.676 bits per heavy atom. The molecule has 6 heteroatoms. The van der Waals surface area contributed by atoms with E-state index in [4.69, 9.17) is 9.97 Å². The van der Waals surface area contributed by atoms with Gasteiger partial charge in [-0.15, -0.1) is 0 Å². The maximum Gasteiger partial charge on any atom is 0.124 e. The van der Waals surface area contributed by atoms with Crippen molar-refractivity contribution in [3.63, 3.8) is 0 Å². The van der Waals surface area contributed by atoms with E-state index in [1.54, 1.807) is 0 Å². The van der Waals surface area contributed by atoms with Crippen molar-refractivity contribution < 1.29 is 0 Å². The summed E-state index contributed by atoms with van der Waals surface area (Å²) in [5.41, 5.74) is 4.76. The predicted octanol–water partition coefficient (Wildman–Crippen LogP) is 5.05. The molecule has 0 saturated carbocycles. The normalized spacial score (nSPS) is 21.9. The molecule has 178 valence electrons. The molecule has 0 N–H and O–H groups in total. The van der Waals surface area contributed by atoms with Crippen LogP contribution in [0.1, 0.15) is 51.2 Å². The molecule has 6 rings (SSSR count). The number of nitrogens with zero attached hydrogens (tertiary/aromatic N) is 6. The summed E-state index contributed by atoms with van der Waals surface area (Å²) in [6.45, 7) is 10.7. The Balaban J connectivity index is 1.24. The lowest BCUT2D eigenvalue weighted by Gasteiger charge is -2.35. The summed E-state index contributed by atoms with van der Waals surface area (Å²) in [4.78, 5) is 15.5. The van der Waals surface area contributed by atoms with Crippen molar-refractivity contribution in [1.82, 2.24) is 28.9 Å². The molecule has 2 saturated heterocycles. The number of hydrogen-bond donors (Lipinski definition) is 0. The van der Waals surface area contributed by atoms with E-state index in [1.807, 2.05) is 0 Å². The Labute approximate surface area is 202 Å². The molecule has 0 aliphatic carbocycles. The molecule has 0 radical (unpaired) electrons. The monoisotopic (exact) mass is 456 g/mol. The number of benzene rings is 2. The second-order valence-corrected chi connectivity index (χ2v) is 9.88. The van der Waals surface area contributed by atoms with Gasteiger partial charge in [-0.1, -0.05) is 24.3 Å². The highest BCUT2D eigenvalue weighted by Gasteiger charge is 2.38. The van der Waals surface area contributed by atoms with Crippen molar-refractivity contribution in [1.29, 1.82) is 0 Å². The van der Waals surface area contributed by atoms with Crippen LogP contribution < -0.4 is 0 Å². The largest absolute Gasteiger partial charge is 0.327 e. The predicted molar refractivity (Wildman–Crippen MR) is 138 cm³/mol. The third kappa shape index (κ3) is 3.73. The highest BCUT2D eigenvalue weighted by atomic mass is 15.3. The Hall–Kier alpha value is -2.70. The molecule has 4 heterocycles. The van der Waals surface area contributed by atoms with E-state index < -0.39 is 0 Å². The number of rotatable bonds is 7. The number of likely N-dealkylation sites (tertiary alicyclic amines) is 2. The molecule has 2 atom stereocenters. The summed E-state index contributed by atoms with van der Waals surface area (Å²) >= 11 is 0. The van der Waals surface area contributed by atoms with Gasteiger partial charge in [0.15, 0.2) is 0 Å². The van der Waals surface area contributed by atoms with E-state index in [-0.39, 0.29) is 0 Å². The maximum absolute atomic E-state index is 5.04. The summed E-state index contributed by atoms with van der Waals surface area (Å²) in [5, 5.41) is 0. The van der Waals surface area contributed by atoms with Crippen LogP contribution in [0.3, 0.4) is 0 Å². The fourth-order valence-corrected chi connectivity index (χ4v) is 6.53. The van der Waals surface area contributed by atoms with Crippen LogP contribution in [0.2, 0.25) is 0 Å². The Kier molecular flexibility index (Phi) is 5.87. The SMILES string of the molecule is CCn1c(CN2CCCC2[C@H]2CCCN2Cc2nc3ccccc3n2CC)nc2ccccc21. The first-order valence-corrected chi connectivity index (χ1v) is 13.1. The van der Waals surface area contributed by atoms with Gasteiger partial charge in [0.2, 0.25) is 0 Å². The second kappa shape index (κ2) is 9.16. The van der Waals surface area contributed by atoms with Crippen LogP contribution in [0.5, 0.6) is 0 Å². The molecule has 0 bridgehead atoms. The number of imidazole rings is 2. The lowest BCUT2D eigenvalue weighted by molar-refractivity contribution is 0.119. The fraction of sp³-hybridized carbons (Fsp3) is 0.500. The van der Waals surface area contributed by atoms with Crippen molar-refractivity contribution in [3.05, 3.63) is 60.2 Å². The van der Waals surface area contributed by atoms with Gasteiger partial charge in [-0.25, -0.2) is 9.97 Å². The number of fused-ring (bicyclic) bond motifs is 2. The molecule has 1 unspecified atom stereocenters. The minimum Gasteiger partial charge on any atom is -0.327 e. The molecule has 2 fully saturated rings. The van der Waals surface area contributed by atoms with E-state index in [1.165, 1.54) is 61.5 Å². The maximum atomic E-state index is 5.04. The summed E-state index contributed by atoms with van der Waals surface area (Å²) < 4.78 is 4.81. The lowest BCUT2D eigenvalue weighted by Crippen LogP contribution is -2.46. The van der Waals surface area contributed by atoms with Gasteiger partial charge in [0.05, 0.1) is 35.2 Å². The average molecular weight is 457 g/mol. The van der Waals surface area contributed by atoms with Gasteiger partial charge in [-0.3, -0.25) is 9.80 Å². The van der Waals surface area contributed by atoms with Crippen LogP contribution in [0.4, 0.5) is 0 Å². The minimum atomic E-state index is 0.604. The van der Waals surface area contributed by atoms with Gasteiger partial charge >= 0.3 is 0 Å². The molecule has 2 aromatic carbocycles. The highest BCUT2D eigenvalue weighted by molar-refractivity contribution is 5.76. The third-order valence-corrected chi connectivity index (χ3v) is 8.06. The van der Waals surface area contributed by atoms with Crippen LogP contribution in [0.25, 0.3) is 22.1 Å². The minimum absolute atomic E-state index is 0.604. The smallest absolute Gasteiger partial charge is 0.124 e. The summed E-state index contributed by atoms with van der Waals surface area (Å²) in [5.74, 6) is 2.43. The topological polar surface area (TPSA) is 42.1 Å². The molecular weight excluding hydrogens is 420 g/mol. The first-order chi connectivity index (χ1) is 16.8. The molecule has 2 aliphatic rings. The van der Waals surface area contributed by atoms with Crippen molar-refractivity contribution in [2.75, 3.05) is 13.1 Å². The number of aryl methyl sites for hydroxylation is 2. The molecule has 34 heavy (non-hydrogen) atoms. The molecular formula is C28H36N6. The van der Waals surface area contributed by atoms with Crippen molar-refractivity contribution >= 4 is 22.1 Å². The summed E-state index contributed by atoms with van der Waals surface area (Å²) in [6.07, 6.45) is 5.15. The molecule has 2 aromatic heterocycles. The van der Waals surface area contributed by atoms with Gasteiger partial charge in [-0.05, 0) is 76.9 Å². The Bertz CT molecular complexity index is 1190. The lowest BCUT2D eigenvalue weighted by atomic mass is 10.0. The number of hydrogen-bond acceptors (Lipinski definition) is 4. The average Bonchev–Trinajstić information content (AvgIpc) is 3.63. The van der Waals surface area contributed by atoms with E-state index in [0.717, 1.165) is 37.2 Å². The first-order valence-electron chi connectivity index (χ1n) is 13.1. The van der Waals surface area contributed by atoms with Crippen LogP contribution in [0, 0.1) is 0 Å². The van der Waals surface area contributed by atoms with E-state index in [9.17, 15) is 0 Å². The highest BCUT2D eigenvalue weighted by Crippen LogP contribution is 2.33. The third-order valence-electron chi connectivity index (χ3n) is 8.06. The number of para-hydroxylation sites is 4. The van der Waals surface area contributed by atoms with Crippen molar-refractivity contribution in [2.45, 2.75) is 77.8 Å². The Morgan fingerprint density at radius 2 is 1.12 bits per heavy atom. The van der Waals surface area contributed by atoms with Gasteiger partial charge in [0.1, 0.15) is 11.6 Å². The van der Waals surface area contributed by atoms with Crippen molar-refractivity contribution in [3.8, 4) is 0 Å². The summed E-state index contributed by atoms with van der Waals surface area (Å²) in [7, 11) is 0. The molecule has 2 aliphatic heterocycles. The standard InChI is InChI=1S/C28H36N6/c1-3-33-23-13-7-5-11-21(23)29-27(33)19-31-17-9-15-25(31)26-16-10-18-32(26)20-28-30-22-12-6-8-14-24(22)34(28)4-2/h5-8,11-14,25-26H,3-4,9-10,15-20H2,1-2H3/t25-,26?/m1/s1. The molecule has 0 amide bonds. The van der Waals surface area contributed by atoms with Gasteiger partial charge in [-0.2, -0.15) is 0 Å².